The average molecular weight is 193 g/mol. The molecular formula is C11H19N3. The Morgan fingerprint density at radius 2 is 2.07 bits per heavy atom. The Balaban J connectivity index is 2.95. The van der Waals surface area contributed by atoms with Gasteiger partial charge >= 0.3 is 0 Å². The highest BCUT2D eigenvalue weighted by Gasteiger charge is 2.12. The smallest absolute Gasteiger partial charge is 0.153 e. The Labute approximate surface area is 86.0 Å². The molecule has 0 aliphatic rings. The highest BCUT2D eigenvalue weighted by Crippen LogP contribution is 2.20. The molecule has 0 aliphatic carbocycles. The molecule has 0 fully saturated rings. The summed E-state index contributed by atoms with van der Waals surface area (Å²) in [5.41, 5.74) is 3.61. The van der Waals surface area contributed by atoms with Gasteiger partial charge in [0.2, 0.25) is 0 Å². The standard InChI is InChI=1S/C11H19N3/c1-8(2)7-13(5)11-9(3)10(4)14(6)12-11/h1,7H2,2-6H3. The van der Waals surface area contributed by atoms with Gasteiger partial charge in [0.1, 0.15) is 0 Å². The number of anilines is 1. The quantitative estimate of drug-likeness (QED) is 0.685. The van der Waals surface area contributed by atoms with E-state index in [-0.39, 0.29) is 0 Å². The summed E-state index contributed by atoms with van der Waals surface area (Å²) in [6.45, 7) is 11.0. The van der Waals surface area contributed by atoms with Gasteiger partial charge in [0.25, 0.3) is 0 Å². The molecule has 0 spiro atoms. The summed E-state index contributed by atoms with van der Waals surface area (Å²) in [6.07, 6.45) is 0. The van der Waals surface area contributed by atoms with Crippen molar-refractivity contribution in [3.63, 3.8) is 0 Å². The summed E-state index contributed by atoms with van der Waals surface area (Å²) in [4.78, 5) is 2.13. The first kappa shape index (κ1) is 10.8. The first-order valence-corrected chi connectivity index (χ1v) is 4.79. The minimum Gasteiger partial charge on any atom is -0.354 e. The Morgan fingerprint density at radius 1 is 1.50 bits per heavy atom. The van der Waals surface area contributed by atoms with Gasteiger partial charge in [-0.2, -0.15) is 5.10 Å². The van der Waals surface area contributed by atoms with Crippen molar-refractivity contribution >= 4 is 5.82 Å². The molecule has 0 unspecified atom stereocenters. The number of rotatable bonds is 3. The van der Waals surface area contributed by atoms with Gasteiger partial charge in [0.05, 0.1) is 0 Å². The second-order valence-electron chi connectivity index (χ2n) is 3.97. The number of nitrogens with zero attached hydrogens (tertiary/aromatic N) is 3. The van der Waals surface area contributed by atoms with Crippen LogP contribution in [0.3, 0.4) is 0 Å². The van der Waals surface area contributed by atoms with Crippen LogP contribution < -0.4 is 4.90 Å². The normalized spacial score (nSPS) is 10.4. The van der Waals surface area contributed by atoms with Crippen LogP contribution in [0.1, 0.15) is 18.2 Å². The molecule has 0 bridgehead atoms. The van der Waals surface area contributed by atoms with Gasteiger partial charge in [-0.05, 0) is 20.8 Å². The number of hydrogen-bond donors (Lipinski definition) is 0. The number of hydrogen-bond acceptors (Lipinski definition) is 2. The van der Waals surface area contributed by atoms with Crippen molar-refractivity contribution in [1.29, 1.82) is 0 Å². The van der Waals surface area contributed by atoms with Crippen molar-refractivity contribution in [1.82, 2.24) is 9.78 Å². The fourth-order valence-corrected chi connectivity index (χ4v) is 1.54. The Kier molecular flexibility index (Phi) is 2.99. The summed E-state index contributed by atoms with van der Waals surface area (Å²) in [6, 6.07) is 0. The second kappa shape index (κ2) is 3.86. The zero-order valence-electron chi connectivity index (χ0n) is 9.76. The molecule has 0 radical (unpaired) electrons. The number of aromatic nitrogens is 2. The van der Waals surface area contributed by atoms with Crippen LogP contribution in [0.4, 0.5) is 5.82 Å². The molecule has 1 aromatic heterocycles. The van der Waals surface area contributed by atoms with Crippen molar-refractivity contribution in [3.05, 3.63) is 23.4 Å². The molecule has 1 heterocycles. The van der Waals surface area contributed by atoms with Crippen LogP contribution in [0.15, 0.2) is 12.2 Å². The third kappa shape index (κ3) is 1.97. The largest absolute Gasteiger partial charge is 0.354 e. The van der Waals surface area contributed by atoms with Gasteiger partial charge in [-0.25, -0.2) is 0 Å². The van der Waals surface area contributed by atoms with Gasteiger partial charge in [-0.3, -0.25) is 4.68 Å². The monoisotopic (exact) mass is 193 g/mol. The van der Waals surface area contributed by atoms with E-state index in [4.69, 9.17) is 0 Å². The van der Waals surface area contributed by atoms with Crippen molar-refractivity contribution in [2.24, 2.45) is 7.05 Å². The zero-order valence-corrected chi connectivity index (χ0v) is 9.76. The van der Waals surface area contributed by atoms with Crippen LogP contribution in [-0.4, -0.2) is 23.4 Å². The molecule has 0 amide bonds. The second-order valence-corrected chi connectivity index (χ2v) is 3.97. The van der Waals surface area contributed by atoms with Crippen molar-refractivity contribution in [2.75, 3.05) is 18.5 Å². The van der Waals surface area contributed by atoms with E-state index in [1.807, 2.05) is 25.7 Å². The summed E-state index contributed by atoms with van der Waals surface area (Å²) in [5.74, 6) is 1.05. The molecule has 0 N–H and O–H groups in total. The highest BCUT2D eigenvalue weighted by atomic mass is 15.3. The summed E-state index contributed by atoms with van der Waals surface area (Å²) < 4.78 is 1.92. The summed E-state index contributed by atoms with van der Waals surface area (Å²) in [5, 5.41) is 4.46. The molecule has 0 aliphatic heterocycles. The maximum atomic E-state index is 4.46. The van der Waals surface area contributed by atoms with E-state index in [0.29, 0.717) is 0 Å². The predicted octanol–water partition coefficient (Wildman–Crippen LogP) is 2.05. The van der Waals surface area contributed by atoms with Crippen LogP contribution in [0.2, 0.25) is 0 Å². The lowest BCUT2D eigenvalue weighted by Gasteiger charge is -2.16. The first-order chi connectivity index (χ1) is 6.43. The first-order valence-electron chi connectivity index (χ1n) is 4.79. The van der Waals surface area contributed by atoms with Crippen molar-refractivity contribution < 1.29 is 0 Å². The molecule has 1 rings (SSSR count). The Morgan fingerprint density at radius 3 is 2.43 bits per heavy atom. The molecule has 0 atom stereocenters. The van der Waals surface area contributed by atoms with E-state index in [1.54, 1.807) is 0 Å². The molecule has 3 nitrogen and oxygen atoms in total. The van der Waals surface area contributed by atoms with Gasteiger partial charge in [-0.1, -0.05) is 12.2 Å². The van der Waals surface area contributed by atoms with Crippen molar-refractivity contribution in [3.8, 4) is 0 Å². The molecule has 0 aromatic carbocycles. The van der Waals surface area contributed by atoms with Gasteiger partial charge in [-0.15, -0.1) is 0 Å². The SMILES string of the molecule is C=C(C)CN(C)c1nn(C)c(C)c1C. The predicted molar refractivity (Wildman–Crippen MR) is 60.8 cm³/mol. The fraction of sp³-hybridized carbons (Fsp3) is 0.545. The van der Waals surface area contributed by atoms with E-state index in [1.165, 1.54) is 11.3 Å². The van der Waals surface area contributed by atoms with Crippen LogP contribution in [0.5, 0.6) is 0 Å². The molecular weight excluding hydrogens is 174 g/mol. The van der Waals surface area contributed by atoms with E-state index in [2.05, 4.69) is 30.4 Å². The minimum atomic E-state index is 0.858. The lowest BCUT2D eigenvalue weighted by atomic mass is 10.2. The van der Waals surface area contributed by atoms with Gasteiger partial charge < -0.3 is 4.90 Å². The summed E-state index contributed by atoms with van der Waals surface area (Å²) in [7, 11) is 4.02. The van der Waals surface area contributed by atoms with Crippen molar-refractivity contribution in [2.45, 2.75) is 20.8 Å². The topological polar surface area (TPSA) is 21.1 Å². The number of likely N-dealkylation sites (N-methyl/N-ethyl adjacent to an activating group) is 1. The highest BCUT2D eigenvalue weighted by molar-refractivity contribution is 5.48. The van der Waals surface area contributed by atoms with E-state index < -0.39 is 0 Å². The van der Waals surface area contributed by atoms with E-state index in [9.17, 15) is 0 Å². The van der Waals surface area contributed by atoms with E-state index >= 15 is 0 Å². The maximum absolute atomic E-state index is 4.46. The fourth-order valence-electron chi connectivity index (χ4n) is 1.54. The lowest BCUT2D eigenvalue weighted by molar-refractivity contribution is 0.732. The molecule has 0 saturated carbocycles. The molecule has 0 saturated heterocycles. The summed E-state index contributed by atoms with van der Waals surface area (Å²) >= 11 is 0. The molecule has 3 heteroatoms. The number of aryl methyl sites for hydroxylation is 1. The maximum Gasteiger partial charge on any atom is 0.153 e. The molecule has 14 heavy (non-hydrogen) atoms. The van der Waals surface area contributed by atoms with Gasteiger partial charge in [0, 0.05) is 31.9 Å². The third-order valence-electron chi connectivity index (χ3n) is 2.48. The lowest BCUT2D eigenvalue weighted by Crippen LogP contribution is -2.20. The Hall–Kier alpha value is -1.25. The van der Waals surface area contributed by atoms with Crippen LogP contribution in [0, 0.1) is 13.8 Å². The van der Waals surface area contributed by atoms with Gasteiger partial charge in [0.15, 0.2) is 5.82 Å². The minimum absolute atomic E-state index is 0.858. The zero-order chi connectivity index (χ0) is 10.9. The third-order valence-corrected chi connectivity index (χ3v) is 2.48. The van der Waals surface area contributed by atoms with Crippen LogP contribution in [-0.2, 0) is 7.05 Å². The van der Waals surface area contributed by atoms with Crippen LogP contribution >= 0.6 is 0 Å². The molecule has 78 valence electrons. The van der Waals surface area contributed by atoms with E-state index in [0.717, 1.165) is 17.9 Å². The van der Waals surface area contributed by atoms with Crippen LogP contribution in [0.25, 0.3) is 0 Å². The molecule has 1 aromatic rings. The Bertz CT molecular complexity index is 350. The average Bonchev–Trinajstić information content (AvgIpc) is 2.32.